The molecule has 0 saturated carbocycles. The molecule has 9 rings (SSSR count). The molecule has 1 aliphatic heterocycles. The Morgan fingerprint density at radius 1 is 0.613 bits per heavy atom. The minimum atomic E-state index is -2.61. The standard InChI is InChI=1S/C70H76N3O.Pt/c1-43(2)59-35-50(48-24-18-16-19-25-48)36-60(44(3)4)66(59)53-30-52(64-39-55(41-69(10,11)12)47(9)42-71-64)32-57(33-53)74-58-34-54(31-56(40-58)70(13,14)15)68-72-63-28-22-23-29-65(63)73(68)67-61(45(5)6)37-51(38-62(67)46(7)8)49-26-20-17-21-27-49;/h16-31,33,35-40,42-46,68H,41H2,1-15H3;/q-3;/i9D3,41D2;. The van der Waals surface area contributed by atoms with Crippen molar-refractivity contribution in [3.05, 3.63) is 208 Å². The van der Waals surface area contributed by atoms with Crippen LogP contribution in [0.2, 0.25) is 0 Å². The zero-order chi connectivity index (χ0) is 57.1. The van der Waals surface area contributed by atoms with Gasteiger partial charge in [-0.3, -0.25) is 0 Å². The number of rotatable bonds is 13. The van der Waals surface area contributed by atoms with Crippen molar-refractivity contribution in [3.63, 3.8) is 0 Å². The van der Waals surface area contributed by atoms with Gasteiger partial charge in [0.1, 0.15) is 0 Å². The van der Waals surface area contributed by atoms with Gasteiger partial charge in [-0.15, -0.1) is 35.0 Å². The average Bonchev–Trinajstić information content (AvgIpc) is 3.80. The summed E-state index contributed by atoms with van der Waals surface area (Å²) in [6.07, 6.45) is -1.21. The molecule has 0 spiro atoms. The molecular weight excluding hydrogens is 1090 g/mol. The molecule has 0 aliphatic carbocycles. The predicted octanol–water partition coefficient (Wildman–Crippen LogP) is 20.7. The van der Waals surface area contributed by atoms with Gasteiger partial charge >= 0.3 is 0 Å². The first kappa shape index (κ1) is 48.4. The first-order valence-corrected chi connectivity index (χ1v) is 26.5. The van der Waals surface area contributed by atoms with Crippen molar-refractivity contribution in [1.82, 2.24) is 4.98 Å². The van der Waals surface area contributed by atoms with Crippen LogP contribution < -0.4 is 9.64 Å². The summed E-state index contributed by atoms with van der Waals surface area (Å²) >= 11 is 0. The fourth-order valence-electron chi connectivity index (χ4n) is 10.2. The molecule has 1 aromatic heterocycles. The van der Waals surface area contributed by atoms with Crippen LogP contribution in [0.1, 0.15) is 178 Å². The first-order chi connectivity index (χ1) is 37.1. The van der Waals surface area contributed by atoms with Gasteiger partial charge in [0.2, 0.25) is 0 Å². The second-order valence-electron chi connectivity index (χ2n) is 23.4. The third-order valence-electron chi connectivity index (χ3n) is 14.0. The fraction of sp³-hybridized carbons (Fsp3) is 0.329. The molecule has 4 nitrogen and oxygen atoms in total. The largest absolute Gasteiger partial charge is 0.661 e. The number of para-hydroxylation sites is 2. The Kier molecular flexibility index (Phi) is 14.3. The number of fused-ring (bicyclic) bond motifs is 1. The smallest absolute Gasteiger partial charge is 0.0471 e. The predicted molar refractivity (Wildman–Crippen MR) is 314 cm³/mol. The molecule has 0 N–H and O–H groups in total. The Hall–Kier alpha value is -6.22. The Bertz CT molecular complexity index is 3460. The topological polar surface area (TPSA) is 39.5 Å². The number of aryl methyl sites for hydroxylation is 1. The Morgan fingerprint density at radius 2 is 1.15 bits per heavy atom. The molecule has 1 aliphatic rings. The van der Waals surface area contributed by atoms with Crippen molar-refractivity contribution in [2.24, 2.45) is 5.41 Å². The van der Waals surface area contributed by atoms with E-state index in [1.165, 1.54) is 28.5 Å². The molecule has 390 valence electrons. The van der Waals surface area contributed by atoms with E-state index in [1.54, 1.807) is 26.8 Å². The van der Waals surface area contributed by atoms with E-state index in [-0.39, 0.29) is 61.3 Å². The van der Waals surface area contributed by atoms with Crippen LogP contribution in [0.15, 0.2) is 146 Å². The number of aromatic nitrogens is 1. The third kappa shape index (κ3) is 11.9. The van der Waals surface area contributed by atoms with Crippen LogP contribution in [-0.4, -0.2) is 4.98 Å². The summed E-state index contributed by atoms with van der Waals surface area (Å²) in [7, 11) is 0. The second kappa shape index (κ2) is 22.2. The number of ether oxygens (including phenoxy) is 1. The van der Waals surface area contributed by atoms with Crippen molar-refractivity contribution >= 4 is 17.1 Å². The van der Waals surface area contributed by atoms with Crippen LogP contribution in [0.4, 0.5) is 17.1 Å². The summed E-state index contributed by atoms with van der Waals surface area (Å²) in [6, 6.07) is 56.2. The summed E-state index contributed by atoms with van der Waals surface area (Å²) in [5.41, 5.74) is 16.0. The van der Waals surface area contributed by atoms with E-state index < -0.39 is 24.8 Å². The summed E-state index contributed by atoms with van der Waals surface area (Å²) in [4.78, 5) is 7.24. The van der Waals surface area contributed by atoms with E-state index in [1.807, 2.05) is 18.2 Å². The number of nitrogens with zero attached hydrogens (tertiary/aromatic N) is 3. The van der Waals surface area contributed by atoms with Gasteiger partial charge in [-0.1, -0.05) is 217 Å². The molecule has 0 amide bonds. The molecule has 0 bridgehead atoms. The normalized spacial score (nSPS) is 15.0. The molecule has 1 unspecified atom stereocenters. The molecule has 0 fully saturated rings. The van der Waals surface area contributed by atoms with E-state index in [4.69, 9.17) is 19.1 Å². The first-order valence-electron chi connectivity index (χ1n) is 29.0. The van der Waals surface area contributed by atoms with Gasteiger partial charge in [-0.25, -0.2) is 0 Å². The van der Waals surface area contributed by atoms with E-state index >= 15 is 0 Å². The van der Waals surface area contributed by atoms with Crippen molar-refractivity contribution < 1.29 is 32.7 Å². The molecule has 1 atom stereocenters. The zero-order valence-electron chi connectivity index (χ0n) is 51.3. The second-order valence-corrected chi connectivity index (χ2v) is 23.4. The quantitative estimate of drug-likeness (QED) is 0.108. The number of anilines is 2. The molecule has 75 heavy (non-hydrogen) atoms. The van der Waals surface area contributed by atoms with E-state index in [0.717, 1.165) is 61.6 Å². The summed E-state index contributed by atoms with van der Waals surface area (Å²) in [6.45, 7) is 27.3. The van der Waals surface area contributed by atoms with E-state index in [9.17, 15) is 2.74 Å². The molecule has 0 saturated heterocycles. The van der Waals surface area contributed by atoms with Crippen LogP contribution in [-0.2, 0) is 32.9 Å². The van der Waals surface area contributed by atoms with Gasteiger partial charge < -0.3 is 19.9 Å². The van der Waals surface area contributed by atoms with Gasteiger partial charge in [-0.2, -0.15) is 11.6 Å². The molecule has 5 heteroatoms. The molecule has 8 aromatic rings. The van der Waals surface area contributed by atoms with Crippen molar-refractivity contribution in [3.8, 4) is 56.1 Å². The van der Waals surface area contributed by atoms with Crippen LogP contribution in [0.3, 0.4) is 0 Å². The van der Waals surface area contributed by atoms with Gasteiger partial charge in [-0.05, 0) is 133 Å². The Labute approximate surface area is 471 Å². The number of benzene rings is 7. The molecule has 2 heterocycles. The number of pyridine rings is 1. The van der Waals surface area contributed by atoms with Crippen LogP contribution in [0.5, 0.6) is 11.5 Å². The van der Waals surface area contributed by atoms with Crippen molar-refractivity contribution in [1.29, 1.82) is 0 Å². The van der Waals surface area contributed by atoms with Gasteiger partial charge in [0.15, 0.2) is 0 Å². The molecule has 7 aromatic carbocycles. The summed E-state index contributed by atoms with van der Waals surface area (Å²) in [5.74, 6) is 1.52. The SMILES string of the molecule is [2H]C([2H])([2H])c1cnc(-c2[c-]c(Oc3[c-]c(C4[N-]c5ccccc5N4c4c(C(C)C)cc(-c5ccccc5)cc4C(C)C)cc(C(C)(C)C)c3)cc(-c3c(C(C)C)cc(-c4ccccc4)cc3C(C)C)c2)cc1C([2H])([2H])C(C)(C)C.[Pt]. The maximum atomic E-state index is 9.43. The monoisotopic (exact) mass is 1170 g/mol. The van der Waals surface area contributed by atoms with Gasteiger partial charge in [0.25, 0.3) is 0 Å². The van der Waals surface area contributed by atoms with Crippen LogP contribution >= 0.6 is 0 Å². The zero-order valence-corrected chi connectivity index (χ0v) is 48.6. The minimum Gasteiger partial charge on any atom is -0.661 e. The number of hydrogen-bond donors (Lipinski definition) is 0. The van der Waals surface area contributed by atoms with Crippen LogP contribution in [0.25, 0.3) is 50.0 Å². The minimum absolute atomic E-state index is 0. The van der Waals surface area contributed by atoms with Crippen LogP contribution in [0, 0.1) is 24.4 Å². The van der Waals surface area contributed by atoms with E-state index in [0.29, 0.717) is 22.8 Å². The summed E-state index contributed by atoms with van der Waals surface area (Å²) in [5, 5.41) is 5.54. The summed E-state index contributed by atoms with van der Waals surface area (Å²) < 4.78 is 51.6. The van der Waals surface area contributed by atoms with Crippen molar-refractivity contribution in [2.75, 3.05) is 4.90 Å². The Morgan fingerprint density at radius 3 is 1.68 bits per heavy atom. The molecular formula is C70H76N3OPt-3. The fourth-order valence-corrected chi connectivity index (χ4v) is 10.2. The maximum absolute atomic E-state index is 9.43. The number of hydrogen-bond acceptors (Lipinski definition) is 3. The Balaban J connectivity index is 0.00000841. The van der Waals surface area contributed by atoms with Gasteiger partial charge in [0, 0.05) is 57.0 Å². The third-order valence-corrected chi connectivity index (χ3v) is 14.0. The molecule has 0 radical (unpaired) electrons. The maximum Gasteiger partial charge on any atom is 0.0471 e. The van der Waals surface area contributed by atoms with E-state index in [2.05, 4.69) is 208 Å². The van der Waals surface area contributed by atoms with Crippen molar-refractivity contribution in [2.45, 2.75) is 145 Å². The average molecular weight is 1180 g/mol. The van der Waals surface area contributed by atoms with Gasteiger partial charge in [0.05, 0.1) is 0 Å².